The third kappa shape index (κ3) is 7.18. The molecule has 0 atom stereocenters. The Morgan fingerprint density at radius 2 is 1.75 bits per heavy atom. The highest BCUT2D eigenvalue weighted by Gasteiger charge is 2.32. The van der Waals surface area contributed by atoms with Gasteiger partial charge in [0, 0.05) is 29.6 Å². The molecule has 214 valence electrons. The van der Waals surface area contributed by atoms with Crippen LogP contribution in [0.5, 0.6) is 11.5 Å². The molecule has 1 aromatic heterocycles. The fraction of sp³-hybridized carbons (Fsp3) is 0.393. The molecule has 3 aromatic rings. The first-order chi connectivity index (χ1) is 19.2. The highest BCUT2D eigenvalue weighted by molar-refractivity contribution is 7.88. The number of nitrogens with one attached hydrogen (secondary N) is 2. The summed E-state index contributed by atoms with van der Waals surface area (Å²) in [4.78, 5) is 33.1. The van der Waals surface area contributed by atoms with Gasteiger partial charge in [-0.1, -0.05) is 30.3 Å². The molecular weight excluding hydrogens is 552 g/mol. The number of amides is 2. The number of carbonyl (C=O) groups is 2. The van der Waals surface area contributed by atoms with E-state index >= 15 is 0 Å². The van der Waals surface area contributed by atoms with Gasteiger partial charge in [-0.05, 0) is 56.2 Å². The fourth-order valence-corrected chi connectivity index (χ4v) is 5.89. The van der Waals surface area contributed by atoms with E-state index in [0.29, 0.717) is 45.8 Å². The number of hydrogen-bond donors (Lipinski definition) is 2. The number of ether oxygens (including phenoxy) is 2. The summed E-state index contributed by atoms with van der Waals surface area (Å²) in [5.74, 6) is 0.573. The van der Waals surface area contributed by atoms with Crippen LogP contribution in [0.2, 0.25) is 0 Å². The van der Waals surface area contributed by atoms with E-state index in [-0.39, 0.29) is 18.1 Å². The van der Waals surface area contributed by atoms with E-state index < -0.39 is 16.1 Å². The molecule has 0 saturated heterocycles. The molecule has 0 bridgehead atoms. The van der Waals surface area contributed by atoms with Crippen molar-refractivity contribution >= 4 is 33.4 Å². The highest BCUT2D eigenvalue weighted by Crippen LogP contribution is 2.49. The minimum absolute atomic E-state index is 0.00707. The quantitative estimate of drug-likeness (QED) is 0.312. The summed E-state index contributed by atoms with van der Waals surface area (Å²) in [5, 5.41) is 0.520. The summed E-state index contributed by atoms with van der Waals surface area (Å²) in [6.07, 6.45) is 3.60. The van der Waals surface area contributed by atoms with E-state index in [0.717, 1.165) is 24.8 Å². The monoisotopic (exact) mass is 586 g/mol. The van der Waals surface area contributed by atoms with Gasteiger partial charge in [0.15, 0.2) is 0 Å². The first kappa shape index (κ1) is 29.5. The minimum atomic E-state index is -3.98. The van der Waals surface area contributed by atoms with Crippen LogP contribution in [0.3, 0.4) is 0 Å². The number of nitrogens with zero attached hydrogens (tertiary/aromatic N) is 2. The predicted octanol–water partition coefficient (Wildman–Crippen LogP) is 3.82. The van der Waals surface area contributed by atoms with Crippen molar-refractivity contribution in [3.05, 3.63) is 74.7 Å². The lowest BCUT2D eigenvalue weighted by molar-refractivity contribution is 0.0740. The van der Waals surface area contributed by atoms with Crippen LogP contribution in [-0.2, 0) is 23.2 Å². The molecular formula is C28H34N4O6S2. The number of methoxy groups -OCH3 is 2. The Kier molecular flexibility index (Phi) is 9.44. The van der Waals surface area contributed by atoms with Gasteiger partial charge >= 0.3 is 10.2 Å². The lowest BCUT2D eigenvalue weighted by atomic mass is 10.0. The van der Waals surface area contributed by atoms with Crippen molar-refractivity contribution in [1.82, 2.24) is 19.3 Å². The molecule has 40 heavy (non-hydrogen) atoms. The lowest BCUT2D eigenvalue weighted by Crippen LogP contribution is -2.38. The van der Waals surface area contributed by atoms with Crippen molar-refractivity contribution < 1.29 is 27.5 Å². The van der Waals surface area contributed by atoms with Crippen LogP contribution < -0.4 is 18.9 Å². The van der Waals surface area contributed by atoms with Crippen molar-refractivity contribution in [2.45, 2.75) is 45.1 Å². The summed E-state index contributed by atoms with van der Waals surface area (Å²) < 4.78 is 38.9. The molecule has 1 aliphatic rings. The van der Waals surface area contributed by atoms with Crippen LogP contribution in [0.25, 0.3) is 0 Å². The predicted molar refractivity (Wildman–Crippen MR) is 153 cm³/mol. The standard InChI is InChI=1S/C28H34N4O6S2/c1-18-26(27(33)31-40(35,36)29-2)30-24(39-18)17-32(14-8-11-19-9-6-5-7-10-19)28(34)21-15-22(37-3)25(20-12-13-20)23(16-21)38-4/h5-7,9-10,15-16,20,29H,8,11-14,17H2,1-4H3,(H,31,33). The normalized spacial score (nSPS) is 13.1. The number of carbonyl (C=O) groups excluding carboxylic acids is 2. The van der Waals surface area contributed by atoms with Gasteiger partial charge in [-0.15, -0.1) is 11.3 Å². The topological polar surface area (TPSA) is 127 Å². The van der Waals surface area contributed by atoms with Crippen molar-refractivity contribution in [1.29, 1.82) is 0 Å². The summed E-state index contributed by atoms with van der Waals surface area (Å²) >= 11 is 1.25. The van der Waals surface area contributed by atoms with Gasteiger partial charge in [-0.2, -0.15) is 8.42 Å². The molecule has 2 amide bonds. The summed E-state index contributed by atoms with van der Waals surface area (Å²) in [6.45, 7) is 2.28. The zero-order valence-corrected chi connectivity index (χ0v) is 24.7. The molecule has 0 unspecified atom stereocenters. The number of benzene rings is 2. The maximum Gasteiger partial charge on any atom is 0.301 e. The molecule has 1 heterocycles. The molecule has 12 heteroatoms. The Hall–Kier alpha value is -3.48. The van der Waals surface area contributed by atoms with Crippen LogP contribution in [0, 0.1) is 6.92 Å². The highest BCUT2D eigenvalue weighted by atomic mass is 32.2. The van der Waals surface area contributed by atoms with Gasteiger partial charge in [-0.3, -0.25) is 9.59 Å². The Labute approximate surface area is 238 Å². The first-order valence-electron chi connectivity index (χ1n) is 13.0. The van der Waals surface area contributed by atoms with Gasteiger partial charge in [0.25, 0.3) is 11.8 Å². The van der Waals surface area contributed by atoms with E-state index in [2.05, 4.69) is 4.98 Å². The van der Waals surface area contributed by atoms with Crippen molar-refractivity contribution in [3.63, 3.8) is 0 Å². The molecule has 4 rings (SSSR count). The van der Waals surface area contributed by atoms with Crippen LogP contribution in [-0.4, -0.2) is 57.9 Å². The maximum atomic E-state index is 13.9. The van der Waals surface area contributed by atoms with E-state index in [4.69, 9.17) is 9.47 Å². The van der Waals surface area contributed by atoms with Gasteiger partial charge in [0.2, 0.25) is 0 Å². The number of thiazole rings is 1. The third-order valence-electron chi connectivity index (χ3n) is 6.68. The van der Waals surface area contributed by atoms with E-state index in [1.807, 2.05) is 39.8 Å². The Balaban J connectivity index is 1.60. The van der Waals surface area contributed by atoms with E-state index in [9.17, 15) is 18.0 Å². The molecule has 2 N–H and O–H groups in total. The van der Waals surface area contributed by atoms with Crippen LogP contribution in [0.15, 0.2) is 42.5 Å². The van der Waals surface area contributed by atoms with Gasteiger partial charge in [0.05, 0.1) is 20.8 Å². The largest absolute Gasteiger partial charge is 0.496 e. The molecule has 0 spiro atoms. The SMILES string of the molecule is CNS(=O)(=O)NC(=O)c1nc(CN(CCCc2ccccc2)C(=O)c2cc(OC)c(C3CC3)c(OC)c2)sc1C. The third-order valence-corrected chi connectivity index (χ3v) is 8.63. The van der Waals surface area contributed by atoms with Gasteiger partial charge in [0.1, 0.15) is 22.2 Å². The number of hydrogen-bond acceptors (Lipinski definition) is 8. The van der Waals surface area contributed by atoms with Crippen LogP contribution >= 0.6 is 11.3 Å². The number of aromatic nitrogens is 1. The molecule has 0 aliphatic heterocycles. The number of aryl methyl sites for hydroxylation is 2. The van der Waals surface area contributed by atoms with Gasteiger partial charge < -0.3 is 14.4 Å². The summed E-state index contributed by atoms with van der Waals surface area (Å²) in [5.41, 5.74) is 2.60. The Morgan fingerprint density at radius 1 is 1.10 bits per heavy atom. The molecule has 1 aliphatic carbocycles. The Bertz CT molecular complexity index is 1440. The molecule has 1 fully saturated rings. The van der Waals surface area contributed by atoms with Crippen molar-refractivity contribution in [2.24, 2.45) is 0 Å². The second-order valence-corrected chi connectivity index (χ2v) is 12.4. The van der Waals surface area contributed by atoms with E-state index in [1.54, 1.807) is 38.2 Å². The summed E-state index contributed by atoms with van der Waals surface area (Å²) in [7, 11) is 0.404. The van der Waals surface area contributed by atoms with Crippen LogP contribution in [0.1, 0.15) is 67.0 Å². The molecule has 1 saturated carbocycles. The Morgan fingerprint density at radius 3 is 2.33 bits per heavy atom. The lowest BCUT2D eigenvalue weighted by Gasteiger charge is -2.23. The van der Waals surface area contributed by atoms with Crippen molar-refractivity contribution in [3.8, 4) is 11.5 Å². The molecule has 10 nitrogen and oxygen atoms in total. The molecule has 2 aromatic carbocycles. The van der Waals surface area contributed by atoms with E-state index in [1.165, 1.54) is 23.9 Å². The smallest absolute Gasteiger partial charge is 0.301 e. The summed E-state index contributed by atoms with van der Waals surface area (Å²) in [6, 6.07) is 13.6. The zero-order chi connectivity index (χ0) is 28.9. The maximum absolute atomic E-state index is 13.9. The second-order valence-electron chi connectivity index (χ2n) is 9.54. The second kappa shape index (κ2) is 12.8. The average molecular weight is 587 g/mol. The zero-order valence-electron chi connectivity index (χ0n) is 23.0. The van der Waals surface area contributed by atoms with Gasteiger partial charge in [-0.25, -0.2) is 14.4 Å². The average Bonchev–Trinajstić information content (AvgIpc) is 3.72. The fourth-order valence-electron chi connectivity index (χ4n) is 4.50. The minimum Gasteiger partial charge on any atom is -0.496 e. The number of rotatable bonds is 13. The van der Waals surface area contributed by atoms with Crippen molar-refractivity contribution in [2.75, 3.05) is 27.8 Å². The molecule has 0 radical (unpaired) electrons. The van der Waals surface area contributed by atoms with Crippen LogP contribution in [0.4, 0.5) is 0 Å². The first-order valence-corrected chi connectivity index (χ1v) is 15.3.